The molecule has 6 aromatic carbocycles. The number of fused-ring (bicyclic) bond motifs is 4. The normalized spacial score (nSPS) is 19.1. The fourth-order valence-electron chi connectivity index (χ4n) is 9.80. The number of hydrogen-bond donors (Lipinski definition) is 2. The molecule has 0 spiro atoms. The van der Waals surface area contributed by atoms with Crippen LogP contribution in [0.3, 0.4) is 0 Å². The zero-order valence-electron chi connectivity index (χ0n) is 40.1. The minimum atomic E-state index is -1.65. The molecule has 0 radical (unpaired) electrons. The summed E-state index contributed by atoms with van der Waals surface area (Å²) >= 11 is 0. The molecule has 1 aliphatic rings. The van der Waals surface area contributed by atoms with Gasteiger partial charge in [0.2, 0.25) is 0 Å². The molecule has 2 heteroatoms. The van der Waals surface area contributed by atoms with E-state index in [-0.39, 0.29) is 32.5 Å². The summed E-state index contributed by atoms with van der Waals surface area (Å²) in [4.78, 5) is 0. The lowest BCUT2D eigenvalue weighted by Crippen LogP contribution is -2.48. The van der Waals surface area contributed by atoms with Crippen LogP contribution in [0.25, 0.3) is 21.5 Å². The summed E-state index contributed by atoms with van der Waals surface area (Å²) < 4.78 is 0. The highest BCUT2D eigenvalue weighted by atomic mass is 16.3. The van der Waals surface area contributed by atoms with Crippen molar-refractivity contribution in [1.82, 2.24) is 0 Å². The Balaban J connectivity index is 1.82. The van der Waals surface area contributed by atoms with Crippen molar-refractivity contribution in [2.45, 2.75) is 168 Å². The second-order valence-electron chi connectivity index (χ2n) is 24.3. The predicted octanol–water partition coefficient (Wildman–Crippen LogP) is 14.7. The molecule has 7 rings (SSSR count). The van der Waals surface area contributed by atoms with E-state index in [0.29, 0.717) is 0 Å². The highest BCUT2D eigenvalue weighted by Crippen LogP contribution is 2.60. The summed E-state index contributed by atoms with van der Waals surface area (Å²) in [6.07, 6.45) is 0. The van der Waals surface area contributed by atoms with E-state index in [2.05, 4.69) is 222 Å². The Hall–Kier alpha value is -4.24. The molecule has 2 nitrogen and oxygen atoms in total. The zero-order valence-corrected chi connectivity index (χ0v) is 40.1. The number of hydrogen-bond acceptors (Lipinski definition) is 2. The van der Waals surface area contributed by atoms with Gasteiger partial charge in [-0.15, -0.1) is 0 Å². The molecule has 0 aliphatic heterocycles. The van der Waals surface area contributed by atoms with Crippen LogP contribution in [0.5, 0.6) is 0 Å². The van der Waals surface area contributed by atoms with Crippen LogP contribution in [0.4, 0.5) is 0 Å². The van der Waals surface area contributed by atoms with Gasteiger partial charge in [0.25, 0.3) is 0 Å². The highest BCUT2D eigenvalue weighted by Gasteiger charge is 2.56. The van der Waals surface area contributed by atoms with Crippen molar-refractivity contribution in [3.05, 3.63) is 164 Å². The first kappa shape index (κ1) is 43.8. The third-order valence-corrected chi connectivity index (χ3v) is 13.3. The van der Waals surface area contributed by atoms with Gasteiger partial charge in [-0.1, -0.05) is 197 Å². The summed E-state index contributed by atoms with van der Waals surface area (Å²) in [6.45, 7) is 41.0. The molecule has 1 aliphatic carbocycles. The van der Waals surface area contributed by atoms with E-state index < -0.39 is 11.2 Å². The molecule has 0 fully saturated rings. The summed E-state index contributed by atoms with van der Waals surface area (Å²) in [5, 5.41) is 33.8. The Kier molecular flexibility index (Phi) is 9.96. The lowest BCUT2D eigenvalue weighted by atomic mass is 9.57. The smallest absolute Gasteiger partial charge is 0.141 e. The van der Waals surface area contributed by atoms with Crippen molar-refractivity contribution < 1.29 is 10.2 Å². The number of rotatable bonds is 2. The van der Waals surface area contributed by atoms with Crippen LogP contribution in [-0.4, -0.2) is 10.2 Å². The summed E-state index contributed by atoms with van der Waals surface area (Å²) in [5.74, 6) is 0. The van der Waals surface area contributed by atoms with Gasteiger partial charge >= 0.3 is 0 Å². The molecule has 0 aromatic heterocycles. The molecule has 60 heavy (non-hydrogen) atoms. The third kappa shape index (κ3) is 7.04. The lowest BCUT2D eigenvalue weighted by Gasteiger charge is -2.50. The summed E-state index contributed by atoms with van der Waals surface area (Å²) in [6, 6.07) is 35.1. The Bertz CT molecular complexity index is 2320. The van der Waals surface area contributed by atoms with Gasteiger partial charge in [0.1, 0.15) is 11.2 Å². The molecule has 0 atom stereocenters. The quantitative estimate of drug-likeness (QED) is 0.183. The van der Waals surface area contributed by atoms with Crippen molar-refractivity contribution in [1.29, 1.82) is 0 Å². The van der Waals surface area contributed by atoms with E-state index in [1.165, 1.54) is 11.1 Å². The van der Waals surface area contributed by atoms with E-state index in [9.17, 15) is 10.2 Å². The van der Waals surface area contributed by atoms with E-state index in [4.69, 9.17) is 0 Å². The predicted molar refractivity (Wildman–Crippen MR) is 257 cm³/mol. The minimum absolute atomic E-state index is 0.123. The largest absolute Gasteiger partial charge is 0.376 e. The van der Waals surface area contributed by atoms with Crippen molar-refractivity contribution >= 4 is 21.5 Å². The first-order valence-corrected chi connectivity index (χ1v) is 22.2. The average molecular weight is 801 g/mol. The number of aliphatic hydroxyl groups is 2. The molecule has 0 unspecified atom stereocenters. The van der Waals surface area contributed by atoms with Crippen molar-refractivity contribution in [3.63, 3.8) is 0 Å². The average Bonchev–Trinajstić information content (AvgIpc) is 3.12. The van der Waals surface area contributed by atoms with E-state index in [0.717, 1.165) is 77.2 Å². The Labute approximate surface area is 362 Å². The van der Waals surface area contributed by atoms with Gasteiger partial charge < -0.3 is 10.2 Å². The molecule has 2 N–H and O–H groups in total. The first-order chi connectivity index (χ1) is 27.3. The Morgan fingerprint density at radius 3 is 0.667 bits per heavy atom. The molecule has 0 heterocycles. The van der Waals surface area contributed by atoms with Crippen molar-refractivity contribution in [2.24, 2.45) is 0 Å². The molecule has 316 valence electrons. The standard InChI is InChI=1S/C58H72O2/c1-51(2,3)39-31-45(53(7,8)9)49(46(32-39)54(10,11)12)57(59)41-27-35-23-19-21-25-37(35)29-43(41)58(60,44-30-38-26-22-20-24-36(38)28-42(44)57)50-47(55(13,14)15)33-40(52(4,5)6)34-48(50)56(16,17)18/h19-34,59-60H,1-18H3. The Morgan fingerprint density at radius 1 is 0.300 bits per heavy atom. The van der Waals surface area contributed by atoms with Crippen molar-refractivity contribution in [3.8, 4) is 0 Å². The van der Waals surface area contributed by atoms with Crippen LogP contribution in [0.15, 0.2) is 97.1 Å². The number of benzene rings is 6. The molecule has 6 aromatic rings. The van der Waals surface area contributed by atoms with E-state index in [1.807, 2.05) is 0 Å². The van der Waals surface area contributed by atoms with Crippen LogP contribution in [-0.2, 0) is 43.7 Å². The third-order valence-electron chi connectivity index (χ3n) is 13.3. The Morgan fingerprint density at radius 2 is 0.500 bits per heavy atom. The van der Waals surface area contributed by atoms with Gasteiger partial charge in [-0.2, -0.15) is 0 Å². The molecule has 0 saturated heterocycles. The second kappa shape index (κ2) is 13.6. The summed E-state index contributed by atoms with van der Waals surface area (Å²) in [7, 11) is 0. The lowest BCUT2D eigenvalue weighted by molar-refractivity contribution is 0.0712. The van der Waals surface area contributed by atoms with Gasteiger partial charge in [0, 0.05) is 33.4 Å². The SMILES string of the molecule is CC(C)(C)c1cc(C(C)(C)C)c(C2(O)c3cc4ccccc4cc3C(O)(c3c(C(C)(C)C)cc(C(C)(C)C)cc3C(C)(C)C)c3cc4ccccc4cc32)c(C(C)(C)C)c1. The maximum absolute atomic E-state index is 14.8. The first-order valence-electron chi connectivity index (χ1n) is 22.2. The second-order valence-corrected chi connectivity index (χ2v) is 24.3. The fraction of sp³-hybridized carbons (Fsp3) is 0.448. The topological polar surface area (TPSA) is 40.5 Å². The minimum Gasteiger partial charge on any atom is -0.376 e. The maximum Gasteiger partial charge on any atom is 0.141 e. The maximum atomic E-state index is 14.8. The molecular weight excluding hydrogens is 729 g/mol. The molecular formula is C58H72O2. The summed E-state index contributed by atoms with van der Waals surface area (Å²) in [5.41, 5.74) is 6.81. The van der Waals surface area contributed by atoms with E-state index in [1.54, 1.807) is 0 Å². The molecule has 0 bridgehead atoms. The van der Waals surface area contributed by atoms with Crippen LogP contribution in [0, 0.1) is 0 Å². The van der Waals surface area contributed by atoms with Gasteiger partial charge in [-0.3, -0.25) is 0 Å². The monoisotopic (exact) mass is 801 g/mol. The van der Waals surface area contributed by atoms with E-state index >= 15 is 0 Å². The molecule has 0 amide bonds. The molecule has 0 saturated carbocycles. The van der Waals surface area contributed by atoms with Gasteiger partial charge in [-0.05, 0) is 112 Å². The fourth-order valence-corrected chi connectivity index (χ4v) is 9.80. The van der Waals surface area contributed by atoms with Crippen LogP contribution >= 0.6 is 0 Å². The van der Waals surface area contributed by atoms with Crippen LogP contribution < -0.4 is 0 Å². The van der Waals surface area contributed by atoms with Gasteiger partial charge in [0.15, 0.2) is 0 Å². The highest BCUT2D eigenvalue weighted by molar-refractivity contribution is 5.90. The van der Waals surface area contributed by atoms with Gasteiger partial charge in [-0.25, -0.2) is 0 Å². The van der Waals surface area contributed by atoms with Crippen LogP contribution in [0.2, 0.25) is 0 Å². The van der Waals surface area contributed by atoms with Crippen LogP contribution in [0.1, 0.15) is 191 Å². The van der Waals surface area contributed by atoms with Gasteiger partial charge in [0.05, 0.1) is 0 Å². The zero-order chi connectivity index (χ0) is 44.6. The van der Waals surface area contributed by atoms with Crippen molar-refractivity contribution in [2.75, 3.05) is 0 Å².